The van der Waals surface area contributed by atoms with Crippen molar-refractivity contribution in [2.24, 2.45) is 0 Å². The first-order valence-electron chi connectivity index (χ1n) is 8.41. The number of ether oxygens (including phenoxy) is 1. The first-order chi connectivity index (χ1) is 11.7. The smallest absolute Gasteiger partial charge is 0.407 e. The molecule has 2 rings (SSSR count). The zero-order chi connectivity index (χ0) is 18.6. The Balaban J connectivity index is 2.05. The van der Waals surface area contributed by atoms with Crippen LogP contribution in [0, 0.1) is 13.8 Å². The van der Waals surface area contributed by atoms with Crippen LogP contribution in [0.2, 0.25) is 0 Å². The lowest BCUT2D eigenvalue weighted by molar-refractivity contribution is 0.0523. The number of nitrogens with one attached hydrogen (secondary N) is 2. The van der Waals surface area contributed by atoms with Crippen molar-refractivity contribution in [1.82, 2.24) is 10.3 Å². The maximum absolute atomic E-state index is 11.9. The number of benzene rings is 1. The summed E-state index contributed by atoms with van der Waals surface area (Å²) in [5, 5.41) is 7.42. The van der Waals surface area contributed by atoms with Gasteiger partial charge in [0.05, 0.1) is 16.7 Å². The summed E-state index contributed by atoms with van der Waals surface area (Å²) in [5.74, 6) is 0. The minimum atomic E-state index is -0.502. The number of nitrogens with zero attached hydrogens (tertiary/aromatic N) is 1. The minimum absolute atomic E-state index is 0.147. The number of alkyl carbamates (subject to hydrolysis) is 1. The Morgan fingerprint density at radius 2 is 1.96 bits per heavy atom. The van der Waals surface area contributed by atoms with Gasteiger partial charge in [0.15, 0.2) is 0 Å². The monoisotopic (exact) mass is 361 g/mol. The standard InChI is InChI=1S/C19H27N3O2S/c1-12-17(25-14(3)21-12)13(2)22-16-10-8-7-9-15(16)11-20-18(23)24-19(4,5)6/h7-10,13,22H,11H2,1-6H3,(H,20,23). The normalized spacial score (nSPS) is 12.6. The number of amides is 1. The summed E-state index contributed by atoms with van der Waals surface area (Å²) >= 11 is 1.71. The molecule has 0 spiro atoms. The van der Waals surface area contributed by atoms with Crippen LogP contribution in [0.3, 0.4) is 0 Å². The summed E-state index contributed by atoms with van der Waals surface area (Å²) in [6.45, 7) is 12.1. The summed E-state index contributed by atoms with van der Waals surface area (Å²) in [7, 11) is 0. The second-order valence-corrected chi connectivity index (χ2v) is 8.30. The number of hydrogen-bond acceptors (Lipinski definition) is 5. The molecule has 25 heavy (non-hydrogen) atoms. The van der Waals surface area contributed by atoms with Gasteiger partial charge in [-0.2, -0.15) is 0 Å². The maximum Gasteiger partial charge on any atom is 0.407 e. The predicted molar refractivity (Wildman–Crippen MR) is 103 cm³/mol. The van der Waals surface area contributed by atoms with E-state index in [9.17, 15) is 4.79 Å². The van der Waals surface area contributed by atoms with Gasteiger partial charge in [0.2, 0.25) is 0 Å². The van der Waals surface area contributed by atoms with Gasteiger partial charge < -0.3 is 15.4 Å². The van der Waals surface area contributed by atoms with Crippen molar-refractivity contribution in [2.45, 2.75) is 59.7 Å². The average Bonchev–Trinajstić information content (AvgIpc) is 2.83. The lowest BCUT2D eigenvalue weighted by Crippen LogP contribution is -2.32. The van der Waals surface area contributed by atoms with Gasteiger partial charge in [-0.15, -0.1) is 11.3 Å². The van der Waals surface area contributed by atoms with Crippen molar-refractivity contribution in [3.8, 4) is 0 Å². The fourth-order valence-electron chi connectivity index (χ4n) is 2.54. The molecule has 5 nitrogen and oxygen atoms in total. The third-order valence-electron chi connectivity index (χ3n) is 3.54. The zero-order valence-electron chi connectivity index (χ0n) is 15.8. The predicted octanol–water partition coefficient (Wildman–Crippen LogP) is 4.96. The lowest BCUT2D eigenvalue weighted by Gasteiger charge is -2.21. The van der Waals surface area contributed by atoms with Crippen LogP contribution in [0.25, 0.3) is 0 Å². The molecule has 2 aromatic rings. The molecule has 0 radical (unpaired) electrons. The van der Waals surface area contributed by atoms with Crippen molar-refractivity contribution in [1.29, 1.82) is 0 Å². The molecule has 1 aromatic heterocycles. The summed E-state index contributed by atoms with van der Waals surface area (Å²) in [6.07, 6.45) is -0.413. The summed E-state index contributed by atoms with van der Waals surface area (Å²) in [4.78, 5) is 17.6. The number of aryl methyl sites for hydroxylation is 2. The first kappa shape index (κ1) is 19.2. The van der Waals surface area contributed by atoms with Crippen molar-refractivity contribution in [3.63, 3.8) is 0 Å². The zero-order valence-corrected chi connectivity index (χ0v) is 16.6. The number of carbonyl (C=O) groups is 1. The van der Waals surface area contributed by atoms with E-state index >= 15 is 0 Å². The van der Waals surface area contributed by atoms with Crippen LogP contribution < -0.4 is 10.6 Å². The van der Waals surface area contributed by atoms with Crippen LogP contribution in [0.4, 0.5) is 10.5 Å². The Labute approximate surface area is 153 Å². The van der Waals surface area contributed by atoms with Crippen LogP contribution in [-0.4, -0.2) is 16.7 Å². The van der Waals surface area contributed by atoms with Gasteiger partial charge in [-0.1, -0.05) is 18.2 Å². The van der Waals surface area contributed by atoms with E-state index in [1.54, 1.807) is 11.3 Å². The summed E-state index contributed by atoms with van der Waals surface area (Å²) in [6, 6.07) is 8.11. The Morgan fingerprint density at radius 1 is 1.28 bits per heavy atom. The maximum atomic E-state index is 11.9. The van der Waals surface area contributed by atoms with E-state index in [1.165, 1.54) is 4.88 Å². The minimum Gasteiger partial charge on any atom is -0.444 e. The Morgan fingerprint density at radius 3 is 2.56 bits per heavy atom. The van der Waals surface area contributed by atoms with E-state index < -0.39 is 11.7 Å². The van der Waals surface area contributed by atoms with Gasteiger partial charge >= 0.3 is 6.09 Å². The molecule has 1 aromatic carbocycles. The Bertz CT molecular complexity index is 735. The highest BCUT2D eigenvalue weighted by molar-refractivity contribution is 7.11. The molecule has 0 aliphatic rings. The van der Waals surface area contributed by atoms with Gasteiger partial charge in [0.1, 0.15) is 5.60 Å². The molecule has 1 amide bonds. The van der Waals surface area contributed by atoms with Gasteiger partial charge in [-0.25, -0.2) is 9.78 Å². The Kier molecular flexibility index (Phi) is 6.06. The largest absolute Gasteiger partial charge is 0.444 e. The van der Waals surface area contributed by atoms with E-state index in [4.69, 9.17) is 4.74 Å². The van der Waals surface area contributed by atoms with E-state index in [0.717, 1.165) is 22.0 Å². The number of rotatable bonds is 5. The van der Waals surface area contributed by atoms with Gasteiger partial charge in [0, 0.05) is 17.1 Å². The van der Waals surface area contributed by atoms with Gasteiger partial charge in [-0.3, -0.25) is 0 Å². The molecule has 1 atom stereocenters. The highest BCUT2D eigenvalue weighted by atomic mass is 32.1. The molecule has 1 heterocycles. The molecular weight excluding hydrogens is 334 g/mol. The second-order valence-electron chi connectivity index (χ2n) is 7.06. The molecule has 6 heteroatoms. The number of aromatic nitrogens is 1. The second kappa shape index (κ2) is 7.87. The van der Waals surface area contributed by atoms with E-state index in [1.807, 2.05) is 58.9 Å². The molecule has 136 valence electrons. The lowest BCUT2D eigenvalue weighted by atomic mass is 10.1. The molecule has 2 N–H and O–H groups in total. The van der Waals surface area contributed by atoms with Crippen molar-refractivity contribution >= 4 is 23.1 Å². The molecule has 0 aliphatic heterocycles. The Hall–Kier alpha value is -2.08. The van der Waals surface area contributed by atoms with E-state index in [0.29, 0.717) is 6.54 Å². The van der Waals surface area contributed by atoms with E-state index in [2.05, 4.69) is 22.5 Å². The number of para-hydroxylation sites is 1. The van der Waals surface area contributed by atoms with Crippen LogP contribution in [-0.2, 0) is 11.3 Å². The van der Waals surface area contributed by atoms with Crippen LogP contribution in [0.15, 0.2) is 24.3 Å². The first-order valence-corrected chi connectivity index (χ1v) is 9.22. The van der Waals surface area contributed by atoms with Crippen LogP contribution in [0.1, 0.15) is 54.9 Å². The quantitative estimate of drug-likeness (QED) is 0.790. The topological polar surface area (TPSA) is 63.2 Å². The molecule has 0 saturated heterocycles. The van der Waals surface area contributed by atoms with Crippen molar-refractivity contribution in [2.75, 3.05) is 5.32 Å². The van der Waals surface area contributed by atoms with Crippen molar-refractivity contribution < 1.29 is 9.53 Å². The van der Waals surface area contributed by atoms with Gasteiger partial charge in [0.25, 0.3) is 0 Å². The third-order valence-corrected chi connectivity index (χ3v) is 4.80. The number of hydrogen-bond donors (Lipinski definition) is 2. The summed E-state index contributed by atoms with van der Waals surface area (Å²) < 4.78 is 5.29. The SMILES string of the molecule is Cc1nc(C)c(C(C)Nc2ccccc2CNC(=O)OC(C)(C)C)s1. The fourth-order valence-corrected chi connectivity index (χ4v) is 3.47. The fraction of sp³-hybridized carbons (Fsp3) is 0.474. The van der Waals surface area contributed by atoms with Crippen LogP contribution >= 0.6 is 11.3 Å². The summed E-state index contributed by atoms with van der Waals surface area (Å²) in [5.41, 5.74) is 2.57. The number of thiazole rings is 1. The molecule has 0 fully saturated rings. The van der Waals surface area contributed by atoms with Crippen molar-refractivity contribution in [3.05, 3.63) is 45.4 Å². The molecular formula is C19H27N3O2S. The van der Waals surface area contributed by atoms with E-state index in [-0.39, 0.29) is 6.04 Å². The number of carbonyl (C=O) groups excluding carboxylic acids is 1. The van der Waals surface area contributed by atoms with Crippen LogP contribution in [0.5, 0.6) is 0 Å². The highest BCUT2D eigenvalue weighted by Crippen LogP contribution is 2.28. The molecule has 1 unspecified atom stereocenters. The molecule has 0 aliphatic carbocycles. The van der Waals surface area contributed by atoms with Gasteiger partial charge in [-0.05, 0) is 53.2 Å². The number of anilines is 1. The molecule has 0 bridgehead atoms. The highest BCUT2D eigenvalue weighted by Gasteiger charge is 2.17. The third kappa shape index (κ3) is 5.74. The molecule has 0 saturated carbocycles. The average molecular weight is 362 g/mol.